The van der Waals surface area contributed by atoms with Crippen molar-refractivity contribution in [2.45, 2.75) is 19.3 Å². The van der Waals surface area contributed by atoms with Crippen LogP contribution in [0.25, 0.3) is 0 Å². The molecule has 1 aliphatic heterocycles. The number of benzene rings is 2. The van der Waals surface area contributed by atoms with Crippen LogP contribution in [0, 0.1) is 0 Å². The van der Waals surface area contributed by atoms with Crippen molar-refractivity contribution in [3.63, 3.8) is 0 Å². The minimum atomic E-state index is -0.759. The molecule has 0 saturated carbocycles. The van der Waals surface area contributed by atoms with E-state index < -0.39 is 11.9 Å². The lowest BCUT2D eigenvalue weighted by molar-refractivity contribution is -0.138. The summed E-state index contributed by atoms with van der Waals surface area (Å²) in [4.78, 5) is 16.0. The lowest BCUT2D eigenvalue weighted by Gasteiger charge is -2.38. The van der Waals surface area contributed by atoms with E-state index >= 15 is 0 Å². The van der Waals surface area contributed by atoms with Crippen LogP contribution in [-0.2, 0) is 4.79 Å². The van der Waals surface area contributed by atoms with Crippen molar-refractivity contribution in [3.8, 4) is 5.75 Å². The fraction of sp³-hybridized carbons (Fsp3) is 0.381. The van der Waals surface area contributed by atoms with Crippen molar-refractivity contribution in [2.75, 3.05) is 43.1 Å². The molecule has 2 aromatic rings. The van der Waals surface area contributed by atoms with E-state index in [9.17, 15) is 9.90 Å². The molecule has 0 amide bonds. The van der Waals surface area contributed by atoms with Crippen molar-refractivity contribution in [3.05, 3.63) is 54.1 Å². The van der Waals surface area contributed by atoms with Gasteiger partial charge in [-0.3, -0.25) is 4.79 Å². The first-order valence-corrected chi connectivity index (χ1v) is 9.09. The highest BCUT2D eigenvalue weighted by Gasteiger charge is 2.21. The smallest absolute Gasteiger partial charge is 0.310 e. The van der Waals surface area contributed by atoms with Crippen LogP contribution in [0.5, 0.6) is 5.75 Å². The van der Waals surface area contributed by atoms with Crippen LogP contribution in [0.15, 0.2) is 48.5 Å². The molecule has 1 N–H and O–H groups in total. The number of carbonyl (C=O) groups is 1. The second kappa shape index (κ2) is 8.13. The van der Waals surface area contributed by atoms with Gasteiger partial charge in [-0.15, -0.1) is 0 Å². The van der Waals surface area contributed by atoms with Crippen molar-refractivity contribution < 1.29 is 14.6 Å². The number of hydrogen-bond donors (Lipinski definition) is 1. The quantitative estimate of drug-likeness (QED) is 0.859. The Kier molecular flexibility index (Phi) is 5.66. The summed E-state index contributed by atoms with van der Waals surface area (Å²) in [7, 11) is 1.71. The van der Waals surface area contributed by atoms with Gasteiger partial charge in [-0.2, -0.15) is 0 Å². The number of rotatable bonds is 6. The van der Waals surface area contributed by atoms with Crippen molar-refractivity contribution in [2.24, 2.45) is 0 Å². The molecule has 1 unspecified atom stereocenters. The molecule has 1 atom stereocenters. The molecule has 26 heavy (non-hydrogen) atoms. The monoisotopic (exact) mass is 354 g/mol. The van der Waals surface area contributed by atoms with Gasteiger partial charge in [0.15, 0.2) is 0 Å². The first-order chi connectivity index (χ1) is 12.6. The van der Waals surface area contributed by atoms with Gasteiger partial charge >= 0.3 is 5.97 Å². The maximum absolute atomic E-state index is 11.3. The predicted octanol–water partition coefficient (Wildman–Crippen LogP) is 3.60. The number of nitrogens with zero attached hydrogens (tertiary/aromatic N) is 2. The molecule has 0 aromatic heterocycles. The summed E-state index contributed by atoms with van der Waals surface area (Å²) < 4.78 is 5.47. The third-order valence-electron chi connectivity index (χ3n) is 5.07. The molecule has 5 heteroatoms. The topological polar surface area (TPSA) is 53.0 Å². The number of hydrogen-bond acceptors (Lipinski definition) is 4. The number of aliphatic carboxylic acids is 1. The number of para-hydroxylation sites is 2. The van der Waals surface area contributed by atoms with E-state index in [1.165, 1.54) is 0 Å². The number of methoxy groups -OCH3 is 1. The van der Waals surface area contributed by atoms with Crippen molar-refractivity contribution >= 4 is 17.3 Å². The number of piperazine rings is 1. The third kappa shape index (κ3) is 3.77. The lowest BCUT2D eigenvalue weighted by atomic mass is 9.96. The number of carboxylic acids is 1. The lowest BCUT2D eigenvalue weighted by Crippen LogP contribution is -2.46. The molecule has 0 bridgehead atoms. The zero-order valence-electron chi connectivity index (χ0n) is 15.4. The van der Waals surface area contributed by atoms with E-state index in [4.69, 9.17) is 4.74 Å². The van der Waals surface area contributed by atoms with Gasteiger partial charge in [0.05, 0.1) is 18.7 Å². The van der Waals surface area contributed by atoms with E-state index in [1.54, 1.807) is 7.11 Å². The molecule has 0 spiro atoms. The molecule has 1 heterocycles. The highest BCUT2D eigenvalue weighted by molar-refractivity contribution is 5.76. The van der Waals surface area contributed by atoms with Crippen LogP contribution in [-0.4, -0.2) is 44.4 Å². The van der Waals surface area contributed by atoms with E-state index in [2.05, 4.69) is 15.9 Å². The summed E-state index contributed by atoms with van der Waals surface area (Å²) in [5.74, 6) is -0.276. The highest BCUT2D eigenvalue weighted by Crippen LogP contribution is 2.29. The highest BCUT2D eigenvalue weighted by atomic mass is 16.5. The fourth-order valence-electron chi connectivity index (χ4n) is 3.57. The maximum Gasteiger partial charge on any atom is 0.310 e. The molecule has 5 nitrogen and oxygen atoms in total. The Bertz CT molecular complexity index is 737. The second-order valence-electron chi connectivity index (χ2n) is 6.54. The minimum Gasteiger partial charge on any atom is -0.495 e. The summed E-state index contributed by atoms with van der Waals surface area (Å²) in [5.41, 5.74) is 3.15. The number of anilines is 2. The summed E-state index contributed by atoms with van der Waals surface area (Å²) in [5, 5.41) is 9.30. The Morgan fingerprint density at radius 1 is 1.04 bits per heavy atom. The zero-order chi connectivity index (χ0) is 18.5. The molecule has 1 aliphatic rings. The number of carboxylic acid groups (broad SMARTS) is 1. The molecular weight excluding hydrogens is 328 g/mol. The summed E-state index contributed by atoms with van der Waals surface area (Å²) in [6, 6.07) is 16.1. The standard InChI is InChI=1S/C21H26N2O3/c1-3-18(21(24)25)16-8-10-17(11-9-16)22-12-14-23(15-13-22)19-6-4-5-7-20(19)26-2/h4-11,18H,3,12-15H2,1-2H3,(H,24,25). The average molecular weight is 354 g/mol. The van der Waals surface area contributed by atoms with Crippen LogP contribution in [0.4, 0.5) is 11.4 Å². The molecule has 3 rings (SSSR count). The third-order valence-corrected chi connectivity index (χ3v) is 5.07. The average Bonchev–Trinajstić information content (AvgIpc) is 2.69. The maximum atomic E-state index is 11.3. The Hall–Kier alpha value is -2.69. The summed E-state index contributed by atoms with van der Waals surface area (Å²) in [6.45, 7) is 5.61. The molecular formula is C21H26N2O3. The van der Waals surface area contributed by atoms with Gasteiger partial charge in [-0.05, 0) is 36.2 Å². The van der Waals surface area contributed by atoms with Gasteiger partial charge in [0.25, 0.3) is 0 Å². The van der Waals surface area contributed by atoms with Gasteiger partial charge in [0, 0.05) is 31.9 Å². The SMILES string of the molecule is CCC(C(=O)O)c1ccc(N2CCN(c3ccccc3OC)CC2)cc1. The van der Waals surface area contributed by atoms with Crippen LogP contribution in [0.1, 0.15) is 24.8 Å². The van der Waals surface area contributed by atoms with Crippen LogP contribution < -0.4 is 14.5 Å². The Morgan fingerprint density at radius 3 is 2.23 bits per heavy atom. The molecule has 1 saturated heterocycles. The first kappa shape index (κ1) is 18.1. The normalized spacial score (nSPS) is 15.6. The van der Waals surface area contributed by atoms with Crippen molar-refractivity contribution in [1.29, 1.82) is 0 Å². The largest absolute Gasteiger partial charge is 0.495 e. The number of ether oxygens (including phenoxy) is 1. The second-order valence-corrected chi connectivity index (χ2v) is 6.54. The Balaban J connectivity index is 1.65. The Labute approximate surface area is 154 Å². The van der Waals surface area contributed by atoms with E-state index in [0.717, 1.165) is 48.9 Å². The van der Waals surface area contributed by atoms with Gasteiger partial charge in [-0.25, -0.2) is 0 Å². The van der Waals surface area contributed by atoms with E-state index in [1.807, 2.05) is 49.4 Å². The summed E-state index contributed by atoms with van der Waals surface area (Å²) >= 11 is 0. The molecule has 138 valence electrons. The van der Waals surface area contributed by atoms with Crippen LogP contribution in [0.3, 0.4) is 0 Å². The predicted molar refractivity (Wildman–Crippen MR) is 105 cm³/mol. The first-order valence-electron chi connectivity index (χ1n) is 9.09. The van der Waals surface area contributed by atoms with Crippen molar-refractivity contribution in [1.82, 2.24) is 0 Å². The molecule has 0 aliphatic carbocycles. The van der Waals surface area contributed by atoms with Gasteiger partial charge in [0.1, 0.15) is 5.75 Å². The summed E-state index contributed by atoms with van der Waals surface area (Å²) in [6.07, 6.45) is 0.603. The van der Waals surface area contributed by atoms with Gasteiger partial charge in [0.2, 0.25) is 0 Å². The van der Waals surface area contributed by atoms with Crippen LogP contribution in [0.2, 0.25) is 0 Å². The molecule has 2 aromatic carbocycles. The van der Waals surface area contributed by atoms with E-state index in [-0.39, 0.29) is 0 Å². The van der Waals surface area contributed by atoms with Gasteiger partial charge < -0.3 is 19.6 Å². The molecule has 0 radical (unpaired) electrons. The fourth-order valence-corrected chi connectivity index (χ4v) is 3.57. The van der Waals surface area contributed by atoms with E-state index in [0.29, 0.717) is 6.42 Å². The van der Waals surface area contributed by atoms with Crippen LogP contribution >= 0.6 is 0 Å². The Morgan fingerprint density at radius 2 is 1.65 bits per heavy atom. The minimum absolute atomic E-state index is 0.425. The van der Waals surface area contributed by atoms with Gasteiger partial charge in [-0.1, -0.05) is 31.2 Å². The zero-order valence-corrected chi connectivity index (χ0v) is 15.4. The molecule has 1 fully saturated rings.